The second-order valence-electron chi connectivity index (χ2n) is 10.4. The summed E-state index contributed by atoms with van der Waals surface area (Å²) in [5.41, 5.74) is 6.87. The Morgan fingerprint density at radius 1 is 0.714 bits per heavy atom. The van der Waals surface area contributed by atoms with Crippen LogP contribution < -0.4 is 10.7 Å². The van der Waals surface area contributed by atoms with Crippen molar-refractivity contribution >= 4 is 17.9 Å². The fraction of sp³-hybridized carbons (Fsp3) is 0.548. The Kier molecular flexibility index (Phi) is 11.3. The molecule has 0 aromatic heterocycles. The number of nitrogens with one attached hydrogen (secondary N) is 2. The molecule has 0 atom stereocenters. The molecule has 0 aliphatic heterocycles. The van der Waals surface area contributed by atoms with E-state index >= 15 is 0 Å². The first-order valence-electron chi connectivity index (χ1n) is 13.8. The lowest BCUT2D eigenvalue weighted by molar-refractivity contribution is 0.252. The number of carbonyl (C=O) groups is 1. The molecule has 2 amide bonds. The molecule has 2 N–H and O–H groups in total. The van der Waals surface area contributed by atoms with Crippen LogP contribution in [0.5, 0.6) is 0 Å². The van der Waals surface area contributed by atoms with E-state index in [4.69, 9.17) is 0 Å². The minimum Gasteiger partial charge on any atom is -0.306 e. The quantitative estimate of drug-likeness (QED) is 0.337. The monoisotopic (exact) mass is 475 g/mol. The van der Waals surface area contributed by atoms with Crippen LogP contribution >= 0.6 is 0 Å². The van der Waals surface area contributed by atoms with E-state index in [1.165, 1.54) is 82.6 Å². The van der Waals surface area contributed by atoms with Gasteiger partial charge < -0.3 is 5.32 Å². The van der Waals surface area contributed by atoms with Gasteiger partial charge in [-0.1, -0.05) is 126 Å². The molecule has 190 valence electrons. The predicted molar refractivity (Wildman–Crippen MR) is 149 cm³/mol. The van der Waals surface area contributed by atoms with Gasteiger partial charge >= 0.3 is 6.03 Å². The maximum absolute atomic E-state index is 12.7. The molecule has 0 heterocycles. The van der Waals surface area contributed by atoms with Gasteiger partial charge in [-0.2, -0.15) is 5.10 Å². The molecule has 1 aliphatic carbocycles. The third kappa shape index (κ3) is 8.83. The zero-order chi connectivity index (χ0) is 24.8. The number of anilines is 1. The number of rotatable bonds is 4. The first-order chi connectivity index (χ1) is 17.1. The number of nitrogens with zero attached hydrogens (tertiary/aromatic N) is 1. The van der Waals surface area contributed by atoms with E-state index in [9.17, 15) is 4.79 Å². The maximum Gasteiger partial charge on any atom is 0.339 e. The molecular weight excluding hydrogens is 430 g/mol. The molecule has 2 aromatic rings. The number of aryl methyl sites for hydroxylation is 2. The van der Waals surface area contributed by atoms with Crippen molar-refractivity contribution in [1.82, 2.24) is 5.43 Å². The van der Waals surface area contributed by atoms with Gasteiger partial charge in [-0.15, -0.1) is 0 Å². The average molecular weight is 476 g/mol. The van der Waals surface area contributed by atoms with Crippen LogP contribution in [0.3, 0.4) is 0 Å². The summed E-state index contributed by atoms with van der Waals surface area (Å²) in [6, 6.07) is 16.5. The minimum absolute atomic E-state index is 0.146. The predicted octanol–water partition coefficient (Wildman–Crippen LogP) is 8.82. The molecule has 3 rings (SSSR count). The van der Waals surface area contributed by atoms with E-state index in [0.29, 0.717) is 0 Å². The molecule has 0 bridgehead atoms. The van der Waals surface area contributed by atoms with Gasteiger partial charge in [-0.25, -0.2) is 10.2 Å². The van der Waals surface area contributed by atoms with E-state index in [-0.39, 0.29) is 11.4 Å². The van der Waals surface area contributed by atoms with Crippen molar-refractivity contribution in [3.63, 3.8) is 0 Å². The minimum atomic E-state index is -0.293. The highest BCUT2D eigenvalue weighted by Crippen LogP contribution is 2.35. The van der Waals surface area contributed by atoms with Crippen molar-refractivity contribution in [2.24, 2.45) is 5.10 Å². The van der Waals surface area contributed by atoms with Crippen molar-refractivity contribution in [1.29, 1.82) is 0 Å². The number of hydrogen-bond donors (Lipinski definition) is 2. The summed E-state index contributed by atoms with van der Waals surface area (Å²) in [5, 5.41) is 7.51. The first-order valence-corrected chi connectivity index (χ1v) is 13.8. The highest BCUT2D eigenvalue weighted by Gasteiger charge is 2.29. The van der Waals surface area contributed by atoms with Gasteiger partial charge in [-0.05, 0) is 43.4 Å². The molecule has 0 spiro atoms. The number of benzene rings is 2. The second-order valence-corrected chi connectivity index (χ2v) is 10.4. The molecular formula is C31H45N3O. The molecule has 35 heavy (non-hydrogen) atoms. The van der Waals surface area contributed by atoms with Gasteiger partial charge in [-0.3, -0.25) is 0 Å². The fourth-order valence-electron chi connectivity index (χ4n) is 5.40. The first kappa shape index (κ1) is 27.0. The lowest BCUT2D eigenvalue weighted by atomic mass is 9.73. The summed E-state index contributed by atoms with van der Waals surface area (Å²) in [6.07, 6.45) is 20.0. The summed E-state index contributed by atoms with van der Waals surface area (Å²) in [7, 11) is 0. The average Bonchev–Trinajstić information content (AvgIpc) is 2.87. The maximum atomic E-state index is 12.7. The van der Waals surface area contributed by atoms with Crippen molar-refractivity contribution in [3.8, 4) is 0 Å². The molecule has 4 heteroatoms. The topological polar surface area (TPSA) is 53.5 Å². The molecule has 0 unspecified atom stereocenters. The Labute approximate surface area is 213 Å². The van der Waals surface area contributed by atoms with Crippen molar-refractivity contribution < 1.29 is 4.79 Å². The number of carbonyl (C=O) groups excluding carboxylic acids is 1. The standard InChI is InChI=1S/C31H45N3O/c1-26-19-18-20-27(2)29(26)33-30(35)34-32-25-31(28-21-14-13-15-22-28)23-16-11-9-7-5-3-4-6-8-10-12-17-24-31/h13-15,18-22,25H,3-12,16-17,23-24H2,1-2H3,(H2,33,34,35)/b32-25+. The van der Waals surface area contributed by atoms with Crippen LogP contribution in [0.2, 0.25) is 0 Å². The number of hydrazone groups is 1. The molecule has 1 aliphatic rings. The van der Waals surface area contributed by atoms with E-state index in [2.05, 4.69) is 46.2 Å². The third-order valence-corrected chi connectivity index (χ3v) is 7.54. The molecule has 1 fully saturated rings. The Hall–Kier alpha value is -2.62. The number of para-hydroxylation sites is 1. The van der Waals surface area contributed by atoms with Crippen LogP contribution in [0.1, 0.15) is 107 Å². The van der Waals surface area contributed by atoms with Crippen molar-refractivity contribution in [2.75, 3.05) is 5.32 Å². The van der Waals surface area contributed by atoms with E-state index in [0.717, 1.165) is 29.7 Å². The van der Waals surface area contributed by atoms with Gasteiger partial charge in [0.25, 0.3) is 0 Å². The SMILES string of the molecule is Cc1cccc(C)c1NC(=O)N/N=C/C1(c2ccccc2)CCCCCCCCCCCCCC1. The summed E-state index contributed by atoms with van der Waals surface area (Å²) in [4.78, 5) is 12.7. The Balaban J connectivity index is 1.74. The summed E-state index contributed by atoms with van der Waals surface area (Å²) < 4.78 is 0. The molecule has 0 saturated heterocycles. The van der Waals surface area contributed by atoms with Crippen LogP contribution in [0, 0.1) is 13.8 Å². The lowest BCUT2D eigenvalue weighted by Crippen LogP contribution is -2.31. The van der Waals surface area contributed by atoms with Gasteiger partial charge in [0.2, 0.25) is 0 Å². The smallest absolute Gasteiger partial charge is 0.306 e. The van der Waals surface area contributed by atoms with E-state index in [1.807, 2.05) is 38.3 Å². The highest BCUT2D eigenvalue weighted by atomic mass is 16.2. The molecule has 1 saturated carbocycles. The Bertz CT molecular complexity index is 886. The summed E-state index contributed by atoms with van der Waals surface area (Å²) in [6.45, 7) is 4.01. The van der Waals surface area contributed by atoms with Crippen LogP contribution in [-0.2, 0) is 5.41 Å². The van der Waals surface area contributed by atoms with Crippen molar-refractivity contribution in [2.45, 2.75) is 109 Å². The molecule has 2 aromatic carbocycles. The van der Waals surface area contributed by atoms with Crippen LogP contribution in [0.15, 0.2) is 53.6 Å². The number of amides is 2. The van der Waals surface area contributed by atoms with E-state index < -0.39 is 0 Å². The largest absolute Gasteiger partial charge is 0.339 e. The van der Waals surface area contributed by atoms with Crippen LogP contribution in [-0.4, -0.2) is 12.2 Å². The fourth-order valence-corrected chi connectivity index (χ4v) is 5.40. The van der Waals surface area contributed by atoms with Gasteiger partial charge in [0.1, 0.15) is 0 Å². The Morgan fingerprint density at radius 3 is 1.71 bits per heavy atom. The lowest BCUT2D eigenvalue weighted by Gasteiger charge is -2.31. The zero-order valence-electron chi connectivity index (χ0n) is 22.0. The van der Waals surface area contributed by atoms with Gasteiger partial charge in [0.05, 0.1) is 0 Å². The molecule has 0 radical (unpaired) electrons. The zero-order valence-corrected chi connectivity index (χ0v) is 22.0. The van der Waals surface area contributed by atoms with Crippen molar-refractivity contribution in [3.05, 3.63) is 65.2 Å². The summed E-state index contributed by atoms with van der Waals surface area (Å²) >= 11 is 0. The van der Waals surface area contributed by atoms with Gasteiger partial charge in [0, 0.05) is 17.3 Å². The summed E-state index contributed by atoms with van der Waals surface area (Å²) in [5.74, 6) is 0. The van der Waals surface area contributed by atoms with Crippen LogP contribution in [0.25, 0.3) is 0 Å². The van der Waals surface area contributed by atoms with Crippen LogP contribution in [0.4, 0.5) is 10.5 Å². The molecule has 4 nitrogen and oxygen atoms in total. The highest BCUT2D eigenvalue weighted by molar-refractivity contribution is 5.91. The Morgan fingerprint density at radius 2 is 1.20 bits per heavy atom. The third-order valence-electron chi connectivity index (χ3n) is 7.54. The second kappa shape index (κ2) is 14.7. The van der Waals surface area contributed by atoms with Gasteiger partial charge in [0.15, 0.2) is 0 Å². The number of urea groups is 1. The normalized spacial score (nSPS) is 18.3. The number of hydrogen-bond acceptors (Lipinski definition) is 2. The van der Waals surface area contributed by atoms with E-state index in [1.54, 1.807) is 0 Å².